The van der Waals surface area contributed by atoms with E-state index in [4.69, 9.17) is 22.5 Å². The van der Waals surface area contributed by atoms with Gasteiger partial charge in [-0.15, -0.1) is 0 Å². The summed E-state index contributed by atoms with van der Waals surface area (Å²) in [4.78, 5) is 0. The quantitative estimate of drug-likeness (QED) is 0.338. The number of nitrogens with one attached hydrogen (secondary N) is 1. The Kier molecular flexibility index (Phi) is 4.87. The molecule has 2 aromatic carbocycles. The molecule has 0 aromatic heterocycles. The molecule has 0 aliphatic heterocycles. The molecule has 0 saturated carbocycles. The molecule has 0 radical (unpaired) electrons. The van der Waals surface area contributed by atoms with Gasteiger partial charge in [-0.05, 0) is 23.8 Å². The van der Waals surface area contributed by atoms with Crippen molar-refractivity contribution in [2.75, 3.05) is 5.32 Å². The van der Waals surface area contributed by atoms with E-state index in [9.17, 15) is 0 Å². The van der Waals surface area contributed by atoms with Gasteiger partial charge >= 0.3 is 0 Å². The van der Waals surface area contributed by atoms with Crippen molar-refractivity contribution in [2.45, 2.75) is 6.54 Å². The van der Waals surface area contributed by atoms with Crippen LogP contribution < -0.4 is 11.1 Å². The first-order chi connectivity index (χ1) is 9.61. The zero-order chi connectivity index (χ0) is 14.5. The maximum absolute atomic E-state index is 8.79. The molecule has 0 aliphatic rings. The monoisotopic (exact) mass is 353 g/mol. The molecule has 104 valence electrons. The van der Waals surface area contributed by atoms with Gasteiger partial charge < -0.3 is 16.3 Å². The molecule has 4 N–H and O–H groups in total. The highest BCUT2D eigenvalue weighted by atomic mass is 79.9. The SMILES string of the molecule is NC(=NO)c1ccccc1CNc1ccc(Br)cc1Cl. The van der Waals surface area contributed by atoms with E-state index in [0.29, 0.717) is 17.1 Å². The van der Waals surface area contributed by atoms with Gasteiger partial charge in [0.25, 0.3) is 0 Å². The Morgan fingerprint density at radius 2 is 2.05 bits per heavy atom. The molecule has 0 bridgehead atoms. The van der Waals surface area contributed by atoms with Crippen LogP contribution in [0.2, 0.25) is 5.02 Å². The molecule has 2 rings (SSSR count). The Morgan fingerprint density at radius 1 is 1.30 bits per heavy atom. The molecule has 2 aromatic rings. The summed E-state index contributed by atoms with van der Waals surface area (Å²) in [6, 6.07) is 13.1. The van der Waals surface area contributed by atoms with Crippen LogP contribution in [0.3, 0.4) is 0 Å². The minimum atomic E-state index is 0.0873. The van der Waals surface area contributed by atoms with Gasteiger partial charge in [0.1, 0.15) is 0 Å². The van der Waals surface area contributed by atoms with Gasteiger partial charge in [-0.3, -0.25) is 0 Å². The summed E-state index contributed by atoms with van der Waals surface area (Å²) in [6.07, 6.45) is 0. The van der Waals surface area contributed by atoms with Crippen molar-refractivity contribution < 1.29 is 5.21 Å². The number of anilines is 1. The molecule has 6 heteroatoms. The van der Waals surface area contributed by atoms with Crippen molar-refractivity contribution >= 4 is 39.1 Å². The number of amidine groups is 1. The lowest BCUT2D eigenvalue weighted by Gasteiger charge is -2.11. The lowest BCUT2D eigenvalue weighted by Crippen LogP contribution is -2.16. The second-order valence-corrected chi connectivity index (χ2v) is 5.44. The van der Waals surface area contributed by atoms with E-state index in [1.165, 1.54) is 0 Å². The molecule has 0 fully saturated rings. The summed E-state index contributed by atoms with van der Waals surface area (Å²) in [5.41, 5.74) is 8.09. The molecule has 0 aliphatic carbocycles. The number of rotatable bonds is 4. The third-order valence-electron chi connectivity index (χ3n) is 2.80. The Morgan fingerprint density at radius 3 is 2.75 bits per heavy atom. The number of nitrogens with two attached hydrogens (primary N) is 1. The number of oxime groups is 1. The van der Waals surface area contributed by atoms with Crippen molar-refractivity contribution in [3.63, 3.8) is 0 Å². The third kappa shape index (κ3) is 3.43. The zero-order valence-electron chi connectivity index (χ0n) is 10.5. The van der Waals surface area contributed by atoms with Crippen molar-refractivity contribution in [2.24, 2.45) is 10.9 Å². The number of hydrogen-bond acceptors (Lipinski definition) is 3. The number of benzene rings is 2. The van der Waals surface area contributed by atoms with Crippen LogP contribution in [-0.4, -0.2) is 11.0 Å². The molecule has 0 unspecified atom stereocenters. The van der Waals surface area contributed by atoms with E-state index in [2.05, 4.69) is 26.4 Å². The van der Waals surface area contributed by atoms with Crippen LogP contribution >= 0.6 is 27.5 Å². The fourth-order valence-electron chi connectivity index (χ4n) is 1.80. The fraction of sp³-hybridized carbons (Fsp3) is 0.0714. The average molecular weight is 355 g/mol. The van der Waals surface area contributed by atoms with Gasteiger partial charge in [0.15, 0.2) is 5.84 Å². The second kappa shape index (κ2) is 6.63. The summed E-state index contributed by atoms with van der Waals surface area (Å²) < 4.78 is 0.921. The van der Waals surface area contributed by atoms with E-state index in [-0.39, 0.29) is 5.84 Å². The highest BCUT2D eigenvalue weighted by Crippen LogP contribution is 2.26. The van der Waals surface area contributed by atoms with E-state index >= 15 is 0 Å². The molecular formula is C14H13BrClN3O. The predicted octanol–water partition coefficient (Wildman–Crippen LogP) is 3.81. The standard InChI is InChI=1S/C14H13BrClN3O/c15-10-5-6-13(12(16)7-10)18-8-9-3-1-2-4-11(9)14(17)19-20/h1-7,18,20H,8H2,(H2,17,19). The van der Waals surface area contributed by atoms with Crippen LogP contribution in [0.15, 0.2) is 52.1 Å². The first-order valence-corrected chi connectivity index (χ1v) is 7.03. The van der Waals surface area contributed by atoms with Crippen molar-refractivity contribution in [1.29, 1.82) is 0 Å². The number of hydrogen-bond donors (Lipinski definition) is 3. The van der Waals surface area contributed by atoms with Gasteiger partial charge in [-0.1, -0.05) is 57.0 Å². The Balaban J connectivity index is 2.19. The zero-order valence-corrected chi connectivity index (χ0v) is 12.8. The molecule has 0 amide bonds. The Labute approximate surface area is 130 Å². The van der Waals surface area contributed by atoms with E-state index in [1.807, 2.05) is 36.4 Å². The minimum Gasteiger partial charge on any atom is -0.409 e. The first-order valence-electron chi connectivity index (χ1n) is 5.86. The van der Waals surface area contributed by atoms with Crippen molar-refractivity contribution in [3.8, 4) is 0 Å². The van der Waals surface area contributed by atoms with Crippen molar-refractivity contribution in [3.05, 3.63) is 63.1 Å². The molecular weight excluding hydrogens is 342 g/mol. The number of nitrogens with zero attached hydrogens (tertiary/aromatic N) is 1. The summed E-state index contributed by atoms with van der Waals surface area (Å²) in [6.45, 7) is 0.522. The Hall–Kier alpha value is -1.72. The van der Waals surface area contributed by atoms with Gasteiger partial charge in [-0.2, -0.15) is 0 Å². The van der Waals surface area contributed by atoms with Crippen LogP contribution in [0.1, 0.15) is 11.1 Å². The van der Waals surface area contributed by atoms with E-state index in [0.717, 1.165) is 15.7 Å². The summed E-state index contributed by atoms with van der Waals surface area (Å²) in [7, 11) is 0. The van der Waals surface area contributed by atoms with Crippen LogP contribution in [0.5, 0.6) is 0 Å². The second-order valence-electron chi connectivity index (χ2n) is 4.12. The minimum absolute atomic E-state index is 0.0873. The average Bonchev–Trinajstić information content (AvgIpc) is 2.46. The largest absolute Gasteiger partial charge is 0.409 e. The van der Waals surface area contributed by atoms with Gasteiger partial charge in [0.2, 0.25) is 0 Å². The Bertz CT molecular complexity index is 646. The highest BCUT2D eigenvalue weighted by molar-refractivity contribution is 9.10. The van der Waals surface area contributed by atoms with Crippen LogP contribution in [0.4, 0.5) is 5.69 Å². The molecule has 0 heterocycles. The summed E-state index contributed by atoms with van der Waals surface area (Å²) >= 11 is 9.50. The normalized spacial score (nSPS) is 11.4. The lowest BCUT2D eigenvalue weighted by molar-refractivity contribution is 0.318. The van der Waals surface area contributed by atoms with Crippen LogP contribution in [0.25, 0.3) is 0 Å². The number of halogens is 2. The topological polar surface area (TPSA) is 70.6 Å². The predicted molar refractivity (Wildman–Crippen MR) is 85.4 cm³/mol. The molecule has 0 atom stereocenters. The van der Waals surface area contributed by atoms with Crippen LogP contribution in [-0.2, 0) is 6.54 Å². The molecule has 20 heavy (non-hydrogen) atoms. The first kappa shape index (κ1) is 14.7. The maximum atomic E-state index is 8.79. The fourth-order valence-corrected chi connectivity index (χ4v) is 2.54. The van der Waals surface area contributed by atoms with Crippen molar-refractivity contribution in [1.82, 2.24) is 0 Å². The van der Waals surface area contributed by atoms with Gasteiger partial charge in [0.05, 0.1) is 10.7 Å². The van der Waals surface area contributed by atoms with E-state index in [1.54, 1.807) is 6.07 Å². The molecule has 0 spiro atoms. The third-order valence-corrected chi connectivity index (χ3v) is 3.61. The van der Waals surface area contributed by atoms with Gasteiger partial charge in [-0.25, -0.2) is 0 Å². The summed E-state index contributed by atoms with van der Waals surface area (Å²) in [5, 5.41) is 15.7. The maximum Gasteiger partial charge on any atom is 0.170 e. The van der Waals surface area contributed by atoms with Crippen LogP contribution in [0, 0.1) is 0 Å². The van der Waals surface area contributed by atoms with Gasteiger partial charge in [0, 0.05) is 16.6 Å². The highest BCUT2D eigenvalue weighted by Gasteiger charge is 2.07. The molecule has 0 saturated heterocycles. The molecule has 4 nitrogen and oxygen atoms in total. The van der Waals surface area contributed by atoms with E-state index < -0.39 is 0 Å². The summed E-state index contributed by atoms with van der Waals surface area (Å²) in [5.74, 6) is 0.0873. The lowest BCUT2D eigenvalue weighted by atomic mass is 10.1. The smallest absolute Gasteiger partial charge is 0.170 e.